The Balaban J connectivity index is 1.35. The van der Waals surface area contributed by atoms with Crippen LogP contribution in [0.3, 0.4) is 0 Å². The van der Waals surface area contributed by atoms with Crippen LogP contribution in [0.1, 0.15) is 16.7 Å². The summed E-state index contributed by atoms with van der Waals surface area (Å²) >= 11 is 6.31. The highest BCUT2D eigenvalue weighted by molar-refractivity contribution is 6.31. The highest BCUT2D eigenvalue weighted by Crippen LogP contribution is 2.33. The fourth-order valence-electron chi connectivity index (χ4n) is 3.79. The van der Waals surface area contributed by atoms with Crippen LogP contribution in [-0.4, -0.2) is 6.79 Å². The summed E-state index contributed by atoms with van der Waals surface area (Å²) in [6.07, 6.45) is 0. The van der Waals surface area contributed by atoms with E-state index in [1.165, 1.54) is 10.8 Å². The third-order valence-corrected chi connectivity index (χ3v) is 5.78. The Bertz CT molecular complexity index is 1220. The molecule has 0 bridgehead atoms. The van der Waals surface area contributed by atoms with Crippen LogP contribution >= 0.6 is 11.6 Å². The van der Waals surface area contributed by atoms with Crippen molar-refractivity contribution in [2.24, 2.45) is 0 Å². The largest absolute Gasteiger partial charge is 0.488 e. The minimum absolute atomic E-state index is 0.286. The minimum atomic E-state index is 0.286. The van der Waals surface area contributed by atoms with Gasteiger partial charge in [-0.15, -0.1) is 0 Å². The number of fused-ring (bicyclic) bond motifs is 2. The molecule has 5 rings (SSSR count). The second-order valence-electron chi connectivity index (χ2n) is 7.43. The maximum absolute atomic E-state index is 6.31. The van der Waals surface area contributed by atoms with Crippen molar-refractivity contribution in [1.82, 2.24) is 5.32 Å². The lowest BCUT2D eigenvalue weighted by molar-refractivity contribution is 0.174. The van der Waals surface area contributed by atoms with Gasteiger partial charge in [0, 0.05) is 29.2 Å². The lowest BCUT2D eigenvalue weighted by atomic mass is 10.0. The van der Waals surface area contributed by atoms with Gasteiger partial charge in [0.15, 0.2) is 11.5 Å². The van der Waals surface area contributed by atoms with Crippen LogP contribution in [0.25, 0.3) is 10.8 Å². The predicted octanol–water partition coefficient (Wildman–Crippen LogP) is 6.09. The van der Waals surface area contributed by atoms with Crippen molar-refractivity contribution >= 4 is 22.4 Å². The molecular weight excluding hydrogens is 410 g/mol. The number of nitrogens with one attached hydrogen (secondary N) is 1. The molecule has 0 spiro atoms. The molecule has 0 aliphatic carbocycles. The molecule has 4 aromatic carbocycles. The number of hydrogen-bond donors (Lipinski definition) is 1. The summed E-state index contributed by atoms with van der Waals surface area (Å²) < 4.78 is 17.1. The van der Waals surface area contributed by atoms with Gasteiger partial charge in [0.05, 0.1) is 0 Å². The Hall–Kier alpha value is -3.21. The molecule has 31 heavy (non-hydrogen) atoms. The second kappa shape index (κ2) is 8.88. The lowest BCUT2D eigenvalue weighted by Crippen LogP contribution is -2.14. The average Bonchev–Trinajstić information content (AvgIpc) is 3.27. The van der Waals surface area contributed by atoms with Crippen molar-refractivity contribution in [3.05, 3.63) is 101 Å². The van der Waals surface area contributed by atoms with Gasteiger partial charge < -0.3 is 19.5 Å². The average molecular weight is 432 g/mol. The van der Waals surface area contributed by atoms with Gasteiger partial charge in [0.2, 0.25) is 6.79 Å². The van der Waals surface area contributed by atoms with Gasteiger partial charge in [-0.3, -0.25) is 0 Å². The zero-order valence-electron chi connectivity index (χ0n) is 16.9. The van der Waals surface area contributed by atoms with Crippen LogP contribution in [-0.2, 0) is 19.7 Å². The van der Waals surface area contributed by atoms with Crippen LogP contribution < -0.4 is 19.5 Å². The third kappa shape index (κ3) is 4.31. The van der Waals surface area contributed by atoms with E-state index in [2.05, 4.69) is 41.7 Å². The molecule has 1 aliphatic heterocycles. The van der Waals surface area contributed by atoms with Crippen LogP contribution in [0, 0.1) is 0 Å². The molecule has 4 nitrogen and oxygen atoms in total. The Morgan fingerprint density at radius 2 is 1.68 bits per heavy atom. The first kappa shape index (κ1) is 19.7. The molecule has 156 valence electrons. The number of halogens is 1. The lowest BCUT2D eigenvalue weighted by Gasteiger charge is -2.16. The molecule has 0 aromatic heterocycles. The maximum Gasteiger partial charge on any atom is 0.231 e. The van der Waals surface area contributed by atoms with Crippen molar-refractivity contribution in [3.63, 3.8) is 0 Å². The summed E-state index contributed by atoms with van der Waals surface area (Å²) in [6, 6.07) is 26.3. The zero-order chi connectivity index (χ0) is 21.0. The Kier molecular flexibility index (Phi) is 5.65. The van der Waals surface area contributed by atoms with E-state index < -0.39 is 0 Å². The van der Waals surface area contributed by atoms with Crippen LogP contribution in [0.2, 0.25) is 5.02 Å². The third-order valence-electron chi connectivity index (χ3n) is 5.41. The van der Waals surface area contributed by atoms with Crippen molar-refractivity contribution in [2.75, 3.05) is 6.79 Å². The number of hydrogen-bond acceptors (Lipinski definition) is 4. The summed E-state index contributed by atoms with van der Waals surface area (Å²) in [5, 5.41) is 6.63. The van der Waals surface area contributed by atoms with Crippen LogP contribution in [0.15, 0.2) is 78.9 Å². The SMILES string of the molecule is Clc1ccccc1COc1ccc2ccccc2c1CNCc1ccc2c(c1)OCO2. The first-order valence-corrected chi connectivity index (χ1v) is 10.6. The summed E-state index contributed by atoms with van der Waals surface area (Å²) in [5.41, 5.74) is 3.24. The molecule has 1 aliphatic rings. The van der Waals surface area contributed by atoms with Crippen molar-refractivity contribution in [3.8, 4) is 17.2 Å². The van der Waals surface area contributed by atoms with Gasteiger partial charge in [0.25, 0.3) is 0 Å². The molecule has 0 unspecified atom stereocenters. The standard InChI is InChI=1S/C26H22ClNO3/c27-23-8-4-2-6-20(23)16-29-24-12-10-19-5-1-3-7-21(19)22(24)15-28-14-18-9-11-25-26(13-18)31-17-30-25/h1-13,28H,14-17H2. The summed E-state index contributed by atoms with van der Waals surface area (Å²) in [5.74, 6) is 2.46. The van der Waals surface area contributed by atoms with Gasteiger partial charge in [-0.1, -0.05) is 66.2 Å². The van der Waals surface area contributed by atoms with E-state index in [1.807, 2.05) is 42.5 Å². The number of rotatable bonds is 7. The van der Waals surface area contributed by atoms with Crippen molar-refractivity contribution < 1.29 is 14.2 Å². The molecule has 0 saturated carbocycles. The second-order valence-corrected chi connectivity index (χ2v) is 7.84. The van der Waals surface area contributed by atoms with Gasteiger partial charge in [0.1, 0.15) is 12.4 Å². The first-order valence-electron chi connectivity index (χ1n) is 10.2. The van der Waals surface area contributed by atoms with Gasteiger partial charge in [-0.05, 0) is 40.6 Å². The highest BCUT2D eigenvalue weighted by atomic mass is 35.5. The Morgan fingerprint density at radius 3 is 2.61 bits per heavy atom. The molecule has 1 N–H and O–H groups in total. The molecule has 0 fully saturated rings. The Morgan fingerprint density at radius 1 is 0.839 bits per heavy atom. The zero-order valence-corrected chi connectivity index (χ0v) is 17.7. The Labute approximate surface area is 186 Å². The number of benzene rings is 4. The van der Waals surface area contributed by atoms with Crippen LogP contribution in [0.4, 0.5) is 0 Å². The highest BCUT2D eigenvalue weighted by Gasteiger charge is 2.14. The molecule has 0 atom stereocenters. The normalized spacial score (nSPS) is 12.3. The van der Waals surface area contributed by atoms with Crippen molar-refractivity contribution in [2.45, 2.75) is 19.7 Å². The van der Waals surface area contributed by atoms with E-state index >= 15 is 0 Å². The van der Waals surface area contributed by atoms with Crippen molar-refractivity contribution in [1.29, 1.82) is 0 Å². The van der Waals surface area contributed by atoms with Gasteiger partial charge in [-0.25, -0.2) is 0 Å². The van der Waals surface area contributed by atoms with E-state index in [-0.39, 0.29) is 6.79 Å². The summed E-state index contributed by atoms with van der Waals surface area (Å²) in [4.78, 5) is 0. The van der Waals surface area contributed by atoms with Crippen LogP contribution in [0.5, 0.6) is 17.2 Å². The molecule has 1 heterocycles. The van der Waals surface area contributed by atoms with E-state index in [0.29, 0.717) is 24.7 Å². The molecule has 5 heteroatoms. The van der Waals surface area contributed by atoms with Gasteiger partial charge in [-0.2, -0.15) is 0 Å². The quantitative estimate of drug-likeness (QED) is 0.384. The topological polar surface area (TPSA) is 39.7 Å². The van der Waals surface area contributed by atoms with E-state index in [0.717, 1.165) is 33.9 Å². The smallest absolute Gasteiger partial charge is 0.231 e. The first-order chi connectivity index (χ1) is 15.3. The van der Waals surface area contributed by atoms with E-state index in [4.69, 9.17) is 25.8 Å². The van der Waals surface area contributed by atoms with Gasteiger partial charge >= 0.3 is 0 Å². The fourth-order valence-corrected chi connectivity index (χ4v) is 3.98. The number of ether oxygens (including phenoxy) is 3. The fraction of sp³-hybridized carbons (Fsp3) is 0.154. The van der Waals surface area contributed by atoms with E-state index in [1.54, 1.807) is 0 Å². The molecule has 0 saturated heterocycles. The molecular formula is C26H22ClNO3. The summed E-state index contributed by atoms with van der Waals surface area (Å²) in [6.45, 7) is 2.10. The minimum Gasteiger partial charge on any atom is -0.488 e. The maximum atomic E-state index is 6.31. The molecule has 0 amide bonds. The molecule has 0 radical (unpaired) electrons. The summed E-state index contributed by atoms with van der Waals surface area (Å²) in [7, 11) is 0. The molecule has 4 aromatic rings. The monoisotopic (exact) mass is 431 g/mol. The predicted molar refractivity (Wildman–Crippen MR) is 123 cm³/mol. The van der Waals surface area contributed by atoms with E-state index in [9.17, 15) is 0 Å².